The summed E-state index contributed by atoms with van der Waals surface area (Å²) in [7, 11) is 0. The third-order valence-electron chi connectivity index (χ3n) is 5.02. The molecule has 2 aromatic carbocycles. The van der Waals surface area contributed by atoms with Crippen molar-refractivity contribution in [3.63, 3.8) is 0 Å². The summed E-state index contributed by atoms with van der Waals surface area (Å²) in [5.74, 6) is 0.339. The number of amides is 1. The predicted octanol–water partition coefficient (Wildman–Crippen LogP) is 3.94. The van der Waals surface area contributed by atoms with Gasteiger partial charge in [-0.25, -0.2) is 0 Å². The summed E-state index contributed by atoms with van der Waals surface area (Å²) in [6.07, 6.45) is 2.03. The standard InChI is InChI=1S/C21H22N6OS/c1-12-5-10-17(13(2)11-12)23-20(28)18-14(3)22-21-24-25-26-27(21)19(18)15-6-8-16(29-4)9-7-15/h5-11,19H,1-4H3,(H,23,28)(H,22,24,26)/t19-/m1/s1. The summed E-state index contributed by atoms with van der Waals surface area (Å²) in [6, 6.07) is 13.7. The highest BCUT2D eigenvalue weighted by molar-refractivity contribution is 7.98. The molecule has 0 spiro atoms. The Hall–Kier alpha value is -3.13. The number of carbonyl (C=O) groups is 1. The van der Waals surface area contributed by atoms with Crippen LogP contribution in [0.15, 0.2) is 58.6 Å². The van der Waals surface area contributed by atoms with E-state index >= 15 is 0 Å². The van der Waals surface area contributed by atoms with E-state index in [1.54, 1.807) is 16.4 Å². The number of anilines is 2. The molecule has 2 N–H and O–H groups in total. The van der Waals surface area contributed by atoms with Crippen molar-refractivity contribution < 1.29 is 4.79 Å². The van der Waals surface area contributed by atoms with Gasteiger partial charge in [-0.05, 0) is 66.8 Å². The van der Waals surface area contributed by atoms with Gasteiger partial charge in [0.05, 0.1) is 5.57 Å². The molecule has 2 heterocycles. The van der Waals surface area contributed by atoms with Crippen molar-refractivity contribution >= 4 is 29.3 Å². The smallest absolute Gasteiger partial charge is 0.255 e. The van der Waals surface area contributed by atoms with Crippen LogP contribution in [0.2, 0.25) is 0 Å². The Morgan fingerprint density at radius 1 is 1.14 bits per heavy atom. The van der Waals surface area contributed by atoms with Gasteiger partial charge in [0.25, 0.3) is 5.91 Å². The number of rotatable bonds is 4. The van der Waals surface area contributed by atoms with Crippen molar-refractivity contribution in [2.24, 2.45) is 0 Å². The number of thioether (sulfide) groups is 1. The Morgan fingerprint density at radius 2 is 1.90 bits per heavy atom. The van der Waals surface area contributed by atoms with Crippen LogP contribution in [0.1, 0.15) is 29.7 Å². The Balaban J connectivity index is 1.75. The number of tetrazole rings is 1. The molecule has 0 aliphatic carbocycles. The average Bonchev–Trinajstić information content (AvgIpc) is 3.17. The first-order valence-corrected chi connectivity index (χ1v) is 10.5. The Morgan fingerprint density at radius 3 is 2.59 bits per heavy atom. The second-order valence-corrected chi connectivity index (χ2v) is 7.94. The van der Waals surface area contributed by atoms with Gasteiger partial charge in [0.2, 0.25) is 5.95 Å². The second kappa shape index (κ2) is 7.71. The molecule has 0 unspecified atom stereocenters. The fourth-order valence-corrected chi connectivity index (χ4v) is 3.95. The quantitative estimate of drug-likeness (QED) is 0.639. The minimum atomic E-state index is -0.414. The van der Waals surface area contributed by atoms with Crippen molar-refractivity contribution in [3.05, 3.63) is 70.4 Å². The van der Waals surface area contributed by atoms with Crippen LogP contribution in [0.25, 0.3) is 0 Å². The van der Waals surface area contributed by atoms with Crippen LogP contribution in [0.4, 0.5) is 11.6 Å². The highest BCUT2D eigenvalue weighted by atomic mass is 32.2. The summed E-state index contributed by atoms with van der Waals surface area (Å²) in [6.45, 7) is 5.89. The third-order valence-corrected chi connectivity index (χ3v) is 5.76. The average molecular weight is 407 g/mol. The second-order valence-electron chi connectivity index (χ2n) is 7.06. The van der Waals surface area contributed by atoms with Gasteiger partial charge >= 0.3 is 0 Å². The lowest BCUT2D eigenvalue weighted by molar-refractivity contribution is -0.113. The molecule has 3 aromatic rings. The normalized spacial score (nSPS) is 15.7. The zero-order chi connectivity index (χ0) is 20.5. The van der Waals surface area contributed by atoms with Crippen molar-refractivity contribution in [2.75, 3.05) is 16.9 Å². The highest BCUT2D eigenvalue weighted by Gasteiger charge is 2.34. The molecule has 0 bridgehead atoms. The van der Waals surface area contributed by atoms with Gasteiger partial charge in [-0.3, -0.25) is 4.79 Å². The van der Waals surface area contributed by atoms with Crippen LogP contribution in [0.3, 0.4) is 0 Å². The number of nitrogens with one attached hydrogen (secondary N) is 2. The van der Waals surface area contributed by atoms with Gasteiger partial charge < -0.3 is 10.6 Å². The number of hydrogen-bond donors (Lipinski definition) is 2. The lowest BCUT2D eigenvalue weighted by Gasteiger charge is -2.28. The number of nitrogens with zero attached hydrogens (tertiary/aromatic N) is 4. The molecule has 1 aromatic heterocycles. The van der Waals surface area contributed by atoms with E-state index in [0.717, 1.165) is 33.0 Å². The maximum Gasteiger partial charge on any atom is 0.255 e. The summed E-state index contributed by atoms with van der Waals surface area (Å²) in [4.78, 5) is 14.5. The molecule has 0 radical (unpaired) electrons. The number of allylic oxidation sites excluding steroid dienone is 1. The zero-order valence-corrected chi connectivity index (χ0v) is 17.5. The summed E-state index contributed by atoms with van der Waals surface area (Å²) >= 11 is 1.67. The molecule has 148 valence electrons. The highest BCUT2D eigenvalue weighted by Crippen LogP contribution is 2.35. The molecule has 29 heavy (non-hydrogen) atoms. The molecular formula is C21H22N6OS. The molecule has 0 saturated carbocycles. The predicted molar refractivity (Wildman–Crippen MR) is 115 cm³/mol. The lowest BCUT2D eigenvalue weighted by atomic mass is 9.95. The van der Waals surface area contributed by atoms with Crippen LogP contribution < -0.4 is 10.6 Å². The number of hydrogen-bond acceptors (Lipinski definition) is 6. The largest absolute Gasteiger partial charge is 0.326 e. The van der Waals surface area contributed by atoms with Crippen molar-refractivity contribution in [1.29, 1.82) is 0 Å². The van der Waals surface area contributed by atoms with Crippen LogP contribution in [0, 0.1) is 13.8 Å². The van der Waals surface area contributed by atoms with Crippen molar-refractivity contribution in [2.45, 2.75) is 31.7 Å². The molecular weight excluding hydrogens is 384 g/mol. The molecule has 8 heteroatoms. The number of fused-ring (bicyclic) bond motifs is 1. The van der Waals surface area contributed by atoms with Crippen LogP contribution in [0.5, 0.6) is 0 Å². The van der Waals surface area contributed by atoms with Gasteiger partial charge in [-0.15, -0.1) is 11.8 Å². The van der Waals surface area contributed by atoms with Gasteiger partial charge in [0.1, 0.15) is 6.04 Å². The Kier molecular flexibility index (Phi) is 5.10. The van der Waals surface area contributed by atoms with E-state index in [4.69, 9.17) is 0 Å². The molecule has 1 amide bonds. The molecule has 1 atom stereocenters. The van der Waals surface area contributed by atoms with Crippen LogP contribution in [-0.2, 0) is 4.79 Å². The molecule has 0 fully saturated rings. The van der Waals surface area contributed by atoms with E-state index in [9.17, 15) is 4.79 Å². The van der Waals surface area contributed by atoms with Gasteiger partial charge in [-0.1, -0.05) is 34.9 Å². The SMILES string of the molecule is CSc1ccc([C@@H]2C(C(=O)Nc3ccc(C)cc3C)=C(C)Nc3nnnn32)cc1. The maximum atomic E-state index is 13.4. The first-order chi connectivity index (χ1) is 14.0. The van der Waals surface area contributed by atoms with Crippen LogP contribution in [-0.4, -0.2) is 32.4 Å². The first kappa shape index (κ1) is 19.2. The fourth-order valence-electron chi connectivity index (χ4n) is 3.54. The van der Waals surface area contributed by atoms with E-state index < -0.39 is 6.04 Å². The Labute approximate surface area is 173 Å². The summed E-state index contributed by atoms with van der Waals surface area (Å²) in [5.41, 5.74) is 5.22. The summed E-state index contributed by atoms with van der Waals surface area (Å²) in [5, 5.41) is 18.2. The third kappa shape index (κ3) is 3.63. The minimum Gasteiger partial charge on any atom is -0.326 e. The van der Waals surface area contributed by atoms with Crippen molar-refractivity contribution in [3.8, 4) is 0 Å². The van der Waals surface area contributed by atoms with E-state index in [-0.39, 0.29) is 5.91 Å². The van der Waals surface area contributed by atoms with E-state index in [1.807, 2.05) is 69.5 Å². The molecule has 7 nitrogen and oxygen atoms in total. The molecule has 0 saturated heterocycles. The maximum absolute atomic E-state index is 13.4. The number of benzene rings is 2. The first-order valence-electron chi connectivity index (χ1n) is 9.26. The number of carbonyl (C=O) groups excluding carboxylic acids is 1. The lowest BCUT2D eigenvalue weighted by Crippen LogP contribution is -2.31. The summed E-state index contributed by atoms with van der Waals surface area (Å²) < 4.78 is 1.65. The van der Waals surface area contributed by atoms with E-state index in [1.165, 1.54) is 0 Å². The van der Waals surface area contributed by atoms with E-state index in [2.05, 4.69) is 26.2 Å². The van der Waals surface area contributed by atoms with Crippen molar-refractivity contribution in [1.82, 2.24) is 20.2 Å². The zero-order valence-electron chi connectivity index (χ0n) is 16.7. The fraction of sp³-hybridized carbons (Fsp3) is 0.238. The topological polar surface area (TPSA) is 84.7 Å². The monoisotopic (exact) mass is 406 g/mol. The van der Waals surface area contributed by atoms with Crippen LogP contribution >= 0.6 is 11.8 Å². The Bertz CT molecular complexity index is 1100. The number of aryl methyl sites for hydroxylation is 2. The van der Waals surface area contributed by atoms with Gasteiger partial charge in [0, 0.05) is 16.3 Å². The minimum absolute atomic E-state index is 0.179. The molecule has 1 aliphatic heterocycles. The van der Waals surface area contributed by atoms with Gasteiger partial charge in [-0.2, -0.15) is 4.68 Å². The number of aromatic nitrogens is 4. The van der Waals surface area contributed by atoms with E-state index in [0.29, 0.717) is 11.5 Å². The molecule has 4 rings (SSSR count). The van der Waals surface area contributed by atoms with Gasteiger partial charge in [0.15, 0.2) is 0 Å². The molecule has 1 aliphatic rings.